The van der Waals surface area contributed by atoms with E-state index in [9.17, 15) is 15.2 Å². The van der Waals surface area contributed by atoms with E-state index >= 15 is 0 Å². The Morgan fingerprint density at radius 2 is 1.26 bits per heavy atom. The van der Waals surface area contributed by atoms with E-state index in [4.69, 9.17) is 4.74 Å². The zero-order valence-corrected chi connectivity index (χ0v) is 21.4. The Balaban J connectivity index is 0.000000739. The number of hydrogen-bond acceptors (Lipinski definition) is 4. The number of rotatable bonds is 7. The van der Waals surface area contributed by atoms with Crippen LogP contribution in [0.1, 0.15) is 60.1 Å². The first kappa shape index (κ1) is 27.1. The van der Waals surface area contributed by atoms with E-state index in [0.29, 0.717) is 11.7 Å². The minimum absolute atomic E-state index is 0.101. The molecule has 0 bridgehead atoms. The van der Waals surface area contributed by atoms with Crippen LogP contribution in [0.15, 0.2) is 48.5 Å². The van der Waals surface area contributed by atoms with Gasteiger partial charge >= 0.3 is 0 Å². The van der Waals surface area contributed by atoms with Crippen LogP contribution in [0.4, 0.5) is 5.69 Å². The lowest BCUT2D eigenvalue weighted by molar-refractivity contribution is -0.384. The third kappa shape index (κ3) is 6.45. The number of phenols is 1. The molecule has 5 heteroatoms. The van der Waals surface area contributed by atoms with E-state index in [1.807, 2.05) is 27.7 Å². The Hall–Kier alpha value is -3.18. The second-order valence-corrected chi connectivity index (χ2v) is 8.64. The van der Waals surface area contributed by atoms with Gasteiger partial charge in [0.25, 0.3) is 5.69 Å². The van der Waals surface area contributed by atoms with Crippen LogP contribution < -0.4 is 0 Å². The molecule has 0 aliphatic rings. The van der Waals surface area contributed by atoms with Crippen LogP contribution in [0.25, 0.3) is 11.1 Å². The van der Waals surface area contributed by atoms with Crippen LogP contribution in [0.5, 0.6) is 5.75 Å². The van der Waals surface area contributed by atoms with E-state index in [2.05, 4.69) is 45.0 Å². The van der Waals surface area contributed by atoms with E-state index in [0.717, 1.165) is 41.9 Å². The number of phenolic OH excluding ortho intramolecular Hbond substituents is 1. The summed E-state index contributed by atoms with van der Waals surface area (Å²) >= 11 is 0. The monoisotopic (exact) mass is 463 g/mol. The van der Waals surface area contributed by atoms with Crippen molar-refractivity contribution < 1.29 is 14.8 Å². The summed E-state index contributed by atoms with van der Waals surface area (Å²) in [6.07, 6.45) is 0.913. The standard InChI is InChI=1S/C25H27NO3.C4H10O/c1-15(14-24-16(2)18(4)25(27)19(5)17(24)3)20-6-8-21(9-7-20)22-10-12-23(13-11-22)26(28)29;1-3-5-4-2/h6-13,15,27H,14H2,1-5H3;3-4H2,1-2H3. The molecule has 0 radical (unpaired) electrons. The normalized spacial score (nSPS) is 11.5. The Morgan fingerprint density at radius 3 is 1.65 bits per heavy atom. The number of ether oxygens (including phenoxy) is 1. The topological polar surface area (TPSA) is 72.6 Å². The highest BCUT2D eigenvalue weighted by Crippen LogP contribution is 2.34. The molecule has 1 N–H and O–H groups in total. The third-order valence-corrected chi connectivity index (χ3v) is 6.55. The molecule has 5 nitrogen and oxygen atoms in total. The molecule has 1 atom stereocenters. The summed E-state index contributed by atoms with van der Waals surface area (Å²) in [4.78, 5) is 10.4. The smallest absolute Gasteiger partial charge is 0.269 e. The maximum absolute atomic E-state index is 10.8. The molecule has 0 saturated heterocycles. The molecule has 0 saturated carbocycles. The van der Waals surface area contributed by atoms with Crippen molar-refractivity contribution in [1.29, 1.82) is 0 Å². The average Bonchev–Trinajstić information content (AvgIpc) is 2.85. The Labute approximate surface area is 203 Å². The number of hydrogen-bond donors (Lipinski definition) is 1. The molecule has 0 aromatic heterocycles. The van der Waals surface area contributed by atoms with Crippen LogP contribution in [0, 0.1) is 37.8 Å². The molecular formula is C29H37NO4. The van der Waals surface area contributed by atoms with Gasteiger partial charge in [0, 0.05) is 25.3 Å². The van der Waals surface area contributed by atoms with Gasteiger partial charge < -0.3 is 9.84 Å². The van der Waals surface area contributed by atoms with Gasteiger partial charge in [0.1, 0.15) is 5.75 Å². The number of nitro groups is 1. The predicted molar refractivity (Wildman–Crippen MR) is 140 cm³/mol. The van der Waals surface area contributed by atoms with Crippen LogP contribution >= 0.6 is 0 Å². The molecule has 0 fully saturated rings. The molecule has 0 heterocycles. The van der Waals surface area contributed by atoms with Gasteiger partial charge in [0.15, 0.2) is 0 Å². The summed E-state index contributed by atoms with van der Waals surface area (Å²) in [5.74, 6) is 0.741. The number of non-ortho nitro benzene ring substituents is 1. The SMILES string of the molecule is CCOCC.Cc1c(C)c(CC(C)c2ccc(-c3ccc([N+](=O)[O-])cc3)cc2)c(C)c(C)c1O. The first-order valence-electron chi connectivity index (χ1n) is 11.8. The second kappa shape index (κ2) is 12.3. The minimum atomic E-state index is -0.384. The van der Waals surface area contributed by atoms with E-state index in [1.165, 1.54) is 34.4 Å². The van der Waals surface area contributed by atoms with Gasteiger partial charge in [-0.05, 0) is 111 Å². The van der Waals surface area contributed by atoms with Crippen LogP contribution in [0.3, 0.4) is 0 Å². The van der Waals surface area contributed by atoms with Crippen molar-refractivity contribution in [3.63, 3.8) is 0 Å². The molecule has 182 valence electrons. The number of benzene rings is 3. The summed E-state index contributed by atoms with van der Waals surface area (Å²) in [5.41, 5.74) is 8.92. The average molecular weight is 464 g/mol. The highest BCUT2D eigenvalue weighted by Gasteiger charge is 2.17. The molecule has 1 unspecified atom stereocenters. The lowest BCUT2D eigenvalue weighted by Crippen LogP contribution is -2.05. The summed E-state index contributed by atoms with van der Waals surface area (Å²) in [6.45, 7) is 16.0. The highest BCUT2D eigenvalue weighted by atomic mass is 16.6. The van der Waals surface area contributed by atoms with Crippen molar-refractivity contribution in [2.24, 2.45) is 0 Å². The zero-order chi connectivity index (χ0) is 25.4. The van der Waals surface area contributed by atoms with E-state index in [1.54, 1.807) is 12.1 Å². The summed E-state index contributed by atoms with van der Waals surface area (Å²) in [7, 11) is 0. The molecular weight excluding hydrogens is 426 g/mol. The molecule has 3 rings (SSSR count). The van der Waals surface area contributed by atoms with E-state index < -0.39 is 0 Å². The maximum atomic E-state index is 10.8. The largest absolute Gasteiger partial charge is 0.507 e. The quantitative estimate of drug-likeness (QED) is 0.289. The zero-order valence-electron chi connectivity index (χ0n) is 21.4. The Morgan fingerprint density at radius 1 is 0.824 bits per heavy atom. The molecule has 0 spiro atoms. The lowest BCUT2D eigenvalue weighted by atomic mass is 9.85. The van der Waals surface area contributed by atoms with Crippen molar-refractivity contribution in [1.82, 2.24) is 0 Å². The highest BCUT2D eigenvalue weighted by molar-refractivity contribution is 5.65. The van der Waals surface area contributed by atoms with Crippen molar-refractivity contribution >= 4 is 5.69 Å². The van der Waals surface area contributed by atoms with Gasteiger partial charge in [-0.2, -0.15) is 0 Å². The molecule has 3 aromatic carbocycles. The molecule has 0 amide bonds. The molecule has 3 aromatic rings. The number of nitro benzene ring substituents is 1. The van der Waals surface area contributed by atoms with Gasteiger partial charge in [-0.15, -0.1) is 0 Å². The van der Waals surface area contributed by atoms with Gasteiger partial charge in [0.05, 0.1) is 4.92 Å². The van der Waals surface area contributed by atoms with Gasteiger partial charge in [-0.25, -0.2) is 0 Å². The fourth-order valence-electron chi connectivity index (χ4n) is 4.08. The molecule has 0 aliphatic carbocycles. The first-order valence-corrected chi connectivity index (χ1v) is 11.8. The number of nitrogens with zero attached hydrogens (tertiary/aromatic N) is 1. The lowest BCUT2D eigenvalue weighted by Gasteiger charge is -2.21. The van der Waals surface area contributed by atoms with Crippen molar-refractivity contribution in [3.8, 4) is 16.9 Å². The van der Waals surface area contributed by atoms with Gasteiger partial charge in [-0.1, -0.05) is 31.2 Å². The second-order valence-electron chi connectivity index (χ2n) is 8.64. The van der Waals surface area contributed by atoms with Crippen molar-refractivity contribution in [3.05, 3.63) is 92.0 Å². The summed E-state index contributed by atoms with van der Waals surface area (Å²) in [6, 6.07) is 15.0. The predicted octanol–water partition coefficient (Wildman–Crippen LogP) is 7.59. The number of aromatic hydroxyl groups is 1. The van der Waals surface area contributed by atoms with Crippen LogP contribution in [0.2, 0.25) is 0 Å². The maximum Gasteiger partial charge on any atom is 0.269 e. The van der Waals surface area contributed by atoms with Crippen LogP contribution in [-0.2, 0) is 11.2 Å². The molecule has 0 aliphatic heterocycles. The van der Waals surface area contributed by atoms with Crippen molar-refractivity contribution in [2.45, 2.75) is 60.8 Å². The van der Waals surface area contributed by atoms with Crippen molar-refractivity contribution in [2.75, 3.05) is 13.2 Å². The fraction of sp³-hybridized carbons (Fsp3) is 0.379. The van der Waals surface area contributed by atoms with Gasteiger partial charge in [0.2, 0.25) is 0 Å². The fourth-order valence-corrected chi connectivity index (χ4v) is 4.08. The first-order chi connectivity index (χ1) is 16.1. The third-order valence-electron chi connectivity index (χ3n) is 6.55. The Kier molecular flexibility index (Phi) is 9.82. The Bertz CT molecular complexity index is 1070. The summed E-state index contributed by atoms with van der Waals surface area (Å²) < 4.78 is 4.83. The minimum Gasteiger partial charge on any atom is -0.507 e. The van der Waals surface area contributed by atoms with E-state index in [-0.39, 0.29) is 10.6 Å². The van der Waals surface area contributed by atoms with Crippen LogP contribution in [-0.4, -0.2) is 23.2 Å². The van der Waals surface area contributed by atoms with Gasteiger partial charge in [-0.3, -0.25) is 10.1 Å². The summed E-state index contributed by atoms with van der Waals surface area (Å²) in [5, 5.41) is 21.1. The molecule has 34 heavy (non-hydrogen) atoms.